The standard InChI is InChI=1S/C7H4FNO/c1-2-5-3-6(8)7(10)9-4-5/h1,3-4H,(H,9,10). The lowest BCUT2D eigenvalue weighted by Crippen LogP contribution is -2.09. The molecule has 1 aromatic rings. The highest BCUT2D eigenvalue weighted by Gasteiger charge is 1.95. The van der Waals surface area contributed by atoms with Gasteiger partial charge in [-0.3, -0.25) is 4.79 Å². The first-order chi connectivity index (χ1) is 4.74. The number of halogens is 1. The SMILES string of the molecule is C#Cc1c[nH]c(=O)c(F)c1. The van der Waals surface area contributed by atoms with Crippen molar-refractivity contribution in [2.75, 3.05) is 0 Å². The van der Waals surface area contributed by atoms with Gasteiger partial charge in [0.25, 0.3) is 5.56 Å². The van der Waals surface area contributed by atoms with E-state index in [9.17, 15) is 9.18 Å². The van der Waals surface area contributed by atoms with Crippen LogP contribution in [0.2, 0.25) is 0 Å². The average Bonchev–Trinajstić information content (AvgIpc) is 1.95. The summed E-state index contributed by atoms with van der Waals surface area (Å²) >= 11 is 0. The van der Waals surface area contributed by atoms with E-state index in [1.54, 1.807) is 0 Å². The third kappa shape index (κ3) is 1.06. The van der Waals surface area contributed by atoms with Crippen LogP contribution < -0.4 is 5.56 Å². The number of rotatable bonds is 0. The topological polar surface area (TPSA) is 32.9 Å². The molecule has 1 rings (SSSR count). The van der Waals surface area contributed by atoms with Gasteiger partial charge in [-0.25, -0.2) is 4.39 Å². The van der Waals surface area contributed by atoms with Gasteiger partial charge in [-0.1, -0.05) is 5.92 Å². The molecular formula is C7H4FNO. The van der Waals surface area contributed by atoms with E-state index in [1.807, 2.05) is 0 Å². The molecule has 10 heavy (non-hydrogen) atoms. The molecule has 0 unspecified atom stereocenters. The highest BCUT2D eigenvalue weighted by Crippen LogP contribution is 1.92. The quantitative estimate of drug-likeness (QED) is 0.519. The van der Waals surface area contributed by atoms with Crippen LogP contribution in [0.4, 0.5) is 4.39 Å². The molecule has 0 bridgehead atoms. The largest absolute Gasteiger partial charge is 0.325 e. The summed E-state index contributed by atoms with van der Waals surface area (Å²) in [4.78, 5) is 12.5. The van der Waals surface area contributed by atoms with Gasteiger partial charge in [0.1, 0.15) is 0 Å². The molecule has 50 valence electrons. The van der Waals surface area contributed by atoms with Crippen molar-refractivity contribution in [1.29, 1.82) is 0 Å². The van der Waals surface area contributed by atoms with E-state index in [0.29, 0.717) is 5.56 Å². The van der Waals surface area contributed by atoms with Gasteiger partial charge in [0.15, 0.2) is 5.82 Å². The summed E-state index contributed by atoms with van der Waals surface area (Å²) in [7, 11) is 0. The van der Waals surface area contributed by atoms with Gasteiger partial charge < -0.3 is 4.98 Å². The Morgan fingerprint density at radius 3 is 2.90 bits per heavy atom. The molecule has 0 spiro atoms. The second-order valence-corrected chi connectivity index (χ2v) is 1.71. The fraction of sp³-hybridized carbons (Fsp3) is 0. The number of aromatic amines is 1. The lowest BCUT2D eigenvalue weighted by Gasteiger charge is -1.87. The zero-order valence-electron chi connectivity index (χ0n) is 5.02. The first-order valence-electron chi connectivity index (χ1n) is 2.59. The summed E-state index contributed by atoms with van der Waals surface area (Å²) in [5.41, 5.74) is -0.420. The molecule has 0 saturated heterocycles. The van der Waals surface area contributed by atoms with Crippen molar-refractivity contribution in [3.63, 3.8) is 0 Å². The minimum absolute atomic E-state index is 0.331. The molecule has 1 heterocycles. The molecule has 0 atom stereocenters. The van der Waals surface area contributed by atoms with Crippen LogP contribution >= 0.6 is 0 Å². The molecule has 0 radical (unpaired) electrons. The lowest BCUT2D eigenvalue weighted by atomic mass is 10.3. The number of hydrogen-bond donors (Lipinski definition) is 1. The van der Waals surface area contributed by atoms with Crippen LogP contribution in [0.1, 0.15) is 5.56 Å². The van der Waals surface area contributed by atoms with Gasteiger partial charge in [0.2, 0.25) is 0 Å². The van der Waals surface area contributed by atoms with Crippen LogP contribution in [-0.4, -0.2) is 4.98 Å². The normalized spacial score (nSPS) is 8.80. The summed E-state index contributed by atoms with van der Waals surface area (Å²) in [6.07, 6.45) is 6.21. The zero-order valence-corrected chi connectivity index (χ0v) is 5.02. The summed E-state index contributed by atoms with van der Waals surface area (Å²) in [5.74, 6) is 1.33. The van der Waals surface area contributed by atoms with Gasteiger partial charge >= 0.3 is 0 Å². The van der Waals surface area contributed by atoms with Crippen molar-refractivity contribution in [3.8, 4) is 12.3 Å². The maximum absolute atomic E-state index is 12.3. The van der Waals surface area contributed by atoms with E-state index in [2.05, 4.69) is 10.9 Å². The van der Waals surface area contributed by atoms with E-state index >= 15 is 0 Å². The molecule has 1 aromatic heterocycles. The van der Waals surface area contributed by atoms with Crippen molar-refractivity contribution in [3.05, 3.63) is 34.0 Å². The first-order valence-corrected chi connectivity index (χ1v) is 2.59. The molecule has 1 N–H and O–H groups in total. The van der Waals surface area contributed by atoms with Gasteiger partial charge in [0, 0.05) is 11.8 Å². The summed E-state index contributed by atoms with van der Waals surface area (Å²) in [6, 6.07) is 1.01. The zero-order chi connectivity index (χ0) is 7.56. The minimum atomic E-state index is -0.851. The molecule has 0 aliphatic carbocycles. The molecule has 0 saturated carbocycles. The van der Waals surface area contributed by atoms with E-state index < -0.39 is 11.4 Å². The van der Waals surface area contributed by atoms with Gasteiger partial charge in [0.05, 0.1) is 0 Å². The Labute approximate surface area is 56.7 Å². The fourth-order valence-electron chi connectivity index (χ4n) is 0.539. The van der Waals surface area contributed by atoms with Gasteiger partial charge in [-0.15, -0.1) is 6.42 Å². The van der Waals surface area contributed by atoms with Crippen molar-refractivity contribution < 1.29 is 4.39 Å². The van der Waals surface area contributed by atoms with Gasteiger partial charge in [-0.2, -0.15) is 0 Å². The van der Waals surface area contributed by atoms with E-state index in [1.165, 1.54) is 6.20 Å². The number of pyridine rings is 1. The molecule has 0 amide bonds. The van der Waals surface area contributed by atoms with Crippen LogP contribution in [0.3, 0.4) is 0 Å². The molecule has 3 heteroatoms. The molecule has 0 aliphatic rings. The Bertz CT molecular complexity index is 334. The van der Waals surface area contributed by atoms with Crippen molar-refractivity contribution in [2.45, 2.75) is 0 Å². The van der Waals surface area contributed by atoms with E-state index in [-0.39, 0.29) is 0 Å². The molecule has 0 aliphatic heterocycles. The van der Waals surface area contributed by atoms with Crippen LogP contribution in [0.25, 0.3) is 0 Å². The molecular weight excluding hydrogens is 133 g/mol. The second kappa shape index (κ2) is 2.36. The van der Waals surface area contributed by atoms with Crippen LogP contribution in [0, 0.1) is 18.2 Å². The number of hydrogen-bond acceptors (Lipinski definition) is 1. The van der Waals surface area contributed by atoms with Crippen LogP contribution in [0.15, 0.2) is 17.1 Å². The molecule has 0 aromatic carbocycles. The third-order valence-corrected chi connectivity index (χ3v) is 1.02. The Kier molecular flexibility index (Phi) is 1.55. The Balaban J connectivity index is 3.34. The van der Waals surface area contributed by atoms with E-state index in [4.69, 9.17) is 6.42 Å². The Morgan fingerprint density at radius 2 is 2.40 bits per heavy atom. The van der Waals surface area contributed by atoms with Gasteiger partial charge in [-0.05, 0) is 6.07 Å². The lowest BCUT2D eigenvalue weighted by molar-refractivity contribution is 0.608. The van der Waals surface area contributed by atoms with Crippen LogP contribution in [-0.2, 0) is 0 Å². The summed E-state index contributed by atoms with van der Waals surface area (Å²) in [6.45, 7) is 0. The highest BCUT2D eigenvalue weighted by molar-refractivity contribution is 5.28. The monoisotopic (exact) mass is 137 g/mol. The van der Waals surface area contributed by atoms with Crippen molar-refractivity contribution in [2.24, 2.45) is 0 Å². The predicted molar refractivity (Wildman–Crippen MR) is 35.0 cm³/mol. The van der Waals surface area contributed by atoms with Crippen molar-refractivity contribution in [1.82, 2.24) is 4.98 Å². The Hall–Kier alpha value is -1.56. The molecule has 2 nitrogen and oxygen atoms in total. The molecule has 0 fully saturated rings. The smallest absolute Gasteiger partial charge is 0.284 e. The summed E-state index contributed by atoms with van der Waals surface area (Å²) < 4.78 is 12.3. The maximum atomic E-state index is 12.3. The highest BCUT2D eigenvalue weighted by atomic mass is 19.1. The Morgan fingerprint density at radius 1 is 1.70 bits per heavy atom. The second-order valence-electron chi connectivity index (χ2n) is 1.71. The number of nitrogens with one attached hydrogen (secondary N) is 1. The van der Waals surface area contributed by atoms with Crippen LogP contribution in [0.5, 0.6) is 0 Å². The minimum Gasteiger partial charge on any atom is -0.325 e. The number of H-pyrrole nitrogens is 1. The third-order valence-electron chi connectivity index (χ3n) is 1.02. The predicted octanol–water partition coefficient (Wildman–Crippen LogP) is 0.495. The van der Waals surface area contributed by atoms with E-state index in [0.717, 1.165) is 6.07 Å². The number of terminal acetylenes is 1. The number of aromatic nitrogens is 1. The van der Waals surface area contributed by atoms with Crippen molar-refractivity contribution >= 4 is 0 Å². The maximum Gasteiger partial charge on any atom is 0.284 e. The average molecular weight is 137 g/mol. The first kappa shape index (κ1) is 6.56. The fourth-order valence-corrected chi connectivity index (χ4v) is 0.539. The summed E-state index contributed by atoms with van der Waals surface area (Å²) in [5, 5.41) is 0.